The normalized spacial score (nSPS) is 10.5. The number of anilines is 1. The standard InChI is InChI=1S/C11H10BrNS2/c12-9-4-3-8(10(13)6-9)7-15-11-2-1-5-14-11/h1-6H,7,13H2. The van der Waals surface area contributed by atoms with Crippen molar-refractivity contribution in [3.05, 3.63) is 45.7 Å². The fourth-order valence-corrected chi connectivity index (χ4v) is 3.37. The molecule has 78 valence electrons. The van der Waals surface area contributed by atoms with Crippen LogP contribution in [0.2, 0.25) is 0 Å². The fraction of sp³-hybridized carbons (Fsp3) is 0.0909. The van der Waals surface area contributed by atoms with Crippen LogP contribution in [0.15, 0.2) is 44.4 Å². The van der Waals surface area contributed by atoms with E-state index in [0.29, 0.717) is 0 Å². The zero-order valence-corrected chi connectivity index (χ0v) is 11.2. The summed E-state index contributed by atoms with van der Waals surface area (Å²) in [6, 6.07) is 10.2. The molecule has 1 aromatic heterocycles. The lowest BCUT2D eigenvalue weighted by atomic mass is 10.2. The highest BCUT2D eigenvalue weighted by Crippen LogP contribution is 2.29. The minimum absolute atomic E-state index is 0.855. The van der Waals surface area contributed by atoms with E-state index in [4.69, 9.17) is 5.73 Å². The molecule has 0 atom stereocenters. The van der Waals surface area contributed by atoms with Gasteiger partial charge in [-0.05, 0) is 29.1 Å². The number of hydrogen-bond acceptors (Lipinski definition) is 3. The Morgan fingerprint density at radius 3 is 2.87 bits per heavy atom. The van der Waals surface area contributed by atoms with Gasteiger partial charge in [-0.25, -0.2) is 0 Å². The first-order chi connectivity index (χ1) is 7.25. The maximum Gasteiger partial charge on any atom is 0.0601 e. The lowest BCUT2D eigenvalue weighted by molar-refractivity contribution is 1.40. The minimum Gasteiger partial charge on any atom is -0.398 e. The van der Waals surface area contributed by atoms with E-state index in [2.05, 4.69) is 39.5 Å². The largest absolute Gasteiger partial charge is 0.398 e. The maximum absolute atomic E-state index is 5.92. The van der Waals surface area contributed by atoms with Crippen LogP contribution in [0, 0.1) is 0 Å². The molecule has 0 bridgehead atoms. The number of hydrogen-bond donors (Lipinski definition) is 1. The zero-order valence-electron chi connectivity index (χ0n) is 7.94. The Balaban J connectivity index is 2.05. The molecule has 2 N–H and O–H groups in total. The SMILES string of the molecule is Nc1cc(Br)ccc1CSc1cccs1. The molecule has 0 aliphatic rings. The van der Waals surface area contributed by atoms with Crippen LogP contribution in [-0.2, 0) is 5.75 Å². The molecule has 1 nitrogen and oxygen atoms in total. The van der Waals surface area contributed by atoms with Gasteiger partial charge in [0.15, 0.2) is 0 Å². The summed E-state index contributed by atoms with van der Waals surface area (Å²) >= 11 is 6.99. The Hall–Kier alpha value is -0.450. The van der Waals surface area contributed by atoms with Gasteiger partial charge < -0.3 is 5.73 Å². The first-order valence-electron chi connectivity index (χ1n) is 4.46. The second-order valence-electron chi connectivity index (χ2n) is 3.06. The van der Waals surface area contributed by atoms with Crippen LogP contribution in [-0.4, -0.2) is 0 Å². The van der Waals surface area contributed by atoms with Gasteiger partial charge in [-0.15, -0.1) is 23.1 Å². The zero-order chi connectivity index (χ0) is 10.7. The molecule has 0 fully saturated rings. The van der Waals surface area contributed by atoms with Crippen molar-refractivity contribution in [2.45, 2.75) is 9.96 Å². The molecule has 0 saturated carbocycles. The first kappa shape index (κ1) is 11.0. The van der Waals surface area contributed by atoms with E-state index in [-0.39, 0.29) is 0 Å². The molecule has 0 aliphatic carbocycles. The van der Waals surface area contributed by atoms with E-state index in [0.717, 1.165) is 15.9 Å². The van der Waals surface area contributed by atoms with Gasteiger partial charge >= 0.3 is 0 Å². The van der Waals surface area contributed by atoms with Crippen LogP contribution >= 0.6 is 39.0 Å². The summed E-state index contributed by atoms with van der Waals surface area (Å²) in [5.41, 5.74) is 7.97. The van der Waals surface area contributed by atoms with Crippen molar-refractivity contribution in [2.24, 2.45) is 0 Å². The summed E-state index contributed by atoms with van der Waals surface area (Å²) in [6.07, 6.45) is 0. The van der Waals surface area contributed by atoms with Crippen molar-refractivity contribution in [3.8, 4) is 0 Å². The maximum atomic E-state index is 5.92. The molecule has 2 rings (SSSR count). The lowest BCUT2D eigenvalue weighted by Gasteiger charge is -2.04. The van der Waals surface area contributed by atoms with Crippen LogP contribution in [0.1, 0.15) is 5.56 Å². The van der Waals surface area contributed by atoms with Gasteiger partial charge in [-0.1, -0.05) is 28.1 Å². The number of nitrogen functional groups attached to an aromatic ring is 1. The molecule has 1 aromatic carbocycles. The highest BCUT2D eigenvalue weighted by Gasteiger charge is 2.01. The van der Waals surface area contributed by atoms with Gasteiger partial charge in [0.2, 0.25) is 0 Å². The fourth-order valence-electron chi connectivity index (χ4n) is 1.19. The van der Waals surface area contributed by atoms with Crippen LogP contribution in [0.3, 0.4) is 0 Å². The Bertz CT molecular complexity index is 440. The summed E-state index contributed by atoms with van der Waals surface area (Å²) < 4.78 is 2.36. The molecule has 0 saturated heterocycles. The number of thioether (sulfide) groups is 1. The Morgan fingerprint density at radius 2 is 2.20 bits per heavy atom. The van der Waals surface area contributed by atoms with Gasteiger partial charge in [0.05, 0.1) is 4.21 Å². The topological polar surface area (TPSA) is 26.0 Å². The van der Waals surface area contributed by atoms with E-state index in [9.17, 15) is 0 Å². The summed E-state index contributed by atoms with van der Waals surface area (Å²) in [7, 11) is 0. The highest BCUT2D eigenvalue weighted by molar-refractivity contribution is 9.10. The van der Waals surface area contributed by atoms with Crippen molar-refractivity contribution in [1.82, 2.24) is 0 Å². The van der Waals surface area contributed by atoms with Crippen LogP contribution < -0.4 is 5.73 Å². The van der Waals surface area contributed by atoms with E-state index in [1.807, 2.05) is 23.9 Å². The predicted octanol–water partition coefficient (Wildman–Crippen LogP) is 4.39. The molecule has 0 spiro atoms. The number of halogens is 1. The van der Waals surface area contributed by atoms with E-state index in [1.165, 1.54) is 9.77 Å². The Morgan fingerprint density at radius 1 is 1.33 bits per heavy atom. The molecule has 4 heteroatoms. The number of benzene rings is 1. The van der Waals surface area contributed by atoms with Gasteiger partial charge in [0, 0.05) is 15.9 Å². The number of thiophene rings is 1. The van der Waals surface area contributed by atoms with Crippen molar-refractivity contribution >= 4 is 44.7 Å². The summed E-state index contributed by atoms with van der Waals surface area (Å²) in [6.45, 7) is 0. The van der Waals surface area contributed by atoms with Crippen molar-refractivity contribution in [2.75, 3.05) is 5.73 Å². The quantitative estimate of drug-likeness (QED) is 0.672. The third-order valence-electron chi connectivity index (χ3n) is 1.97. The predicted molar refractivity (Wildman–Crippen MR) is 72.4 cm³/mol. The molecule has 1 heterocycles. The van der Waals surface area contributed by atoms with E-state index >= 15 is 0 Å². The van der Waals surface area contributed by atoms with Crippen LogP contribution in [0.5, 0.6) is 0 Å². The molecular formula is C11H10BrNS2. The van der Waals surface area contributed by atoms with Crippen molar-refractivity contribution < 1.29 is 0 Å². The highest BCUT2D eigenvalue weighted by atomic mass is 79.9. The third kappa shape index (κ3) is 3.00. The second kappa shape index (κ2) is 5.05. The molecule has 0 amide bonds. The molecule has 0 aliphatic heterocycles. The summed E-state index contributed by atoms with van der Waals surface area (Å²) in [4.78, 5) is 0. The molecule has 0 radical (unpaired) electrons. The molecule has 2 aromatic rings. The third-order valence-corrected chi connectivity index (χ3v) is 4.65. The van der Waals surface area contributed by atoms with Crippen LogP contribution in [0.25, 0.3) is 0 Å². The molecule has 15 heavy (non-hydrogen) atoms. The first-order valence-corrected chi connectivity index (χ1v) is 7.12. The molecule has 0 unspecified atom stereocenters. The van der Waals surface area contributed by atoms with Gasteiger partial charge in [0.1, 0.15) is 0 Å². The van der Waals surface area contributed by atoms with Crippen molar-refractivity contribution in [3.63, 3.8) is 0 Å². The van der Waals surface area contributed by atoms with Gasteiger partial charge in [-0.2, -0.15) is 0 Å². The Kier molecular flexibility index (Phi) is 3.72. The van der Waals surface area contributed by atoms with Gasteiger partial charge in [-0.3, -0.25) is 0 Å². The smallest absolute Gasteiger partial charge is 0.0601 e. The Labute approximate surface area is 106 Å². The monoisotopic (exact) mass is 299 g/mol. The molecular weight excluding hydrogens is 290 g/mol. The number of rotatable bonds is 3. The van der Waals surface area contributed by atoms with Crippen molar-refractivity contribution in [1.29, 1.82) is 0 Å². The van der Waals surface area contributed by atoms with E-state index in [1.54, 1.807) is 11.3 Å². The lowest BCUT2D eigenvalue weighted by Crippen LogP contribution is -1.91. The number of nitrogens with two attached hydrogens (primary N) is 1. The average Bonchev–Trinajstić information content (AvgIpc) is 2.69. The van der Waals surface area contributed by atoms with E-state index < -0.39 is 0 Å². The summed E-state index contributed by atoms with van der Waals surface area (Å²) in [5, 5.41) is 2.09. The minimum atomic E-state index is 0.855. The van der Waals surface area contributed by atoms with Crippen LogP contribution in [0.4, 0.5) is 5.69 Å². The summed E-state index contributed by atoms with van der Waals surface area (Å²) in [5.74, 6) is 0.930. The van der Waals surface area contributed by atoms with Gasteiger partial charge in [0.25, 0.3) is 0 Å². The average molecular weight is 300 g/mol. The second-order valence-corrected chi connectivity index (χ2v) is 6.20.